The minimum absolute atomic E-state index is 0.228. The molecular formula is C13H22O6S2. The van der Waals surface area contributed by atoms with Crippen LogP contribution in [0, 0.1) is 0 Å². The molecule has 2 saturated carbocycles. The van der Waals surface area contributed by atoms with Crippen LogP contribution in [0.3, 0.4) is 0 Å². The largest absolute Gasteiger partial charge is 0.298 e. The first-order valence-electron chi connectivity index (χ1n) is 7.26. The Kier molecular flexibility index (Phi) is 5.12. The van der Waals surface area contributed by atoms with Crippen molar-refractivity contribution < 1.29 is 27.1 Å². The fourth-order valence-corrected chi connectivity index (χ4v) is 8.46. The van der Waals surface area contributed by atoms with Crippen LogP contribution in [0.2, 0.25) is 0 Å². The van der Waals surface area contributed by atoms with E-state index in [0.717, 1.165) is 0 Å². The van der Waals surface area contributed by atoms with E-state index in [2.05, 4.69) is 0 Å². The van der Waals surface area contributed by atoms with Gasteiger partial charge in [-0.05, 0) is 25.7 Å². The molecule has 2 unspecified atom stereocenters. The van der Waals surface area contributed by atoms with Gasteiger partial charge < -0.3 is 0 Å². The highest BCUT2D eigenvalue weighted by molar-refractivity contribution is 8.31. The highest BCUT2D eigenvalue weighted by atomic mass is 32.3. The number of sulfone groups is 1. The van der Waals surface area contributed by atoms with Crippen molar-refractivity contribution in [2.75, 3.05) is 5.08 Å². The van der Waals surface area contributed by atoms with Crippen LogP contribution >= 0.6 is 10.6 Å². The summed E-state index contributed by atoms with van der Waals surface area (Å²) in [6, 6.07) is 0. The molecule has 2 fully saturated rings. The maximum Gasteiger partial charge on any atom is 0.178 e. The van der Waals surface area contributed by atoms with E-state index in [9.17, 15) is 27.1 Å². The number of hydrogen-bond donors (Lipinski definition) is 2. The molecule has 2 N–H and O–H groups in total. The molecule has 0 aromatic heterocycles. The van der Waals surface area contributed by atoms with Gasteiger partial charge in [0.05, 0.1) is 0 Å². The van der Waals surface area contributed by atoms with Crippen LogP contribution in [0.1, 0.15) is 51.4 Å². The van der Waals surface area contributed by atoms with Gasteiger partial charge in [-0.1, -0.05) is 12.8 Å². The Morgan fingerprint density at radius 3 is 1.81 bits per heavy atom. The Balaban J connectivity index is 2.14. The van der Waals surface area contributed by atoms with Gasteiger partial charge >= 0.3 is 0 Å². The third-order valence-electron chi connectivity index (χ3n) is 4.22. The average molecular weight is 338 g/mol. The van der Waals surface area contributed by atoms with Gasteiger partial charge in [-0.2, -0.15) is 10.6 Å². The molecular weight excluding hydrogens is 316 g/mol. The SMILES string of the molecule is O=C1CCCCC1S(O)(O)CS(=O)(=O)C1CCCCC1=O. The normalized spacial score (nSPS) is 29.4. The lowest BCUT2D eigenvalue weighted by molar-refractivity contribution is -0.120. The second-order valence-corrected chi connectivity index (χ2v) is 10.7. The second kappa shape index (κ2) is 6.36. The zero-order valence-corrected chi connectivity index (χ0v) is 13.5. The van der Waals surface area contributed by atoms with Crippen molar-refractivity contribution in [3.8, 4) is 0 Å². The lowest BCUT2D eigenvalue weighted by Crippen LogP contribution is -2.39. The summed E-state index contributed by atoms with van der Waals surface area (Å²) in [6.45, 7) is 0. The molecule has 0 amide bonds. The standard InChI is InChI=1S/C13H22O6S2/c14-10-5-1-3-7-12(10)20(16,17)9-21(18,19)13-8-4-2-6-11(13)15/h12-13,16-17H,1-9H2. The molecule has 0 spiro atoms. The molecule has 0 saturated heterocycles. The predicted molar refractivity (Wildman–Crippen MR) is 81.2 cm³/mol. The van der Waals surface area contributed by atoms with Crippen molar-refractivity contribution in [3.63, 3.8) is 0 Å². The first-order valence-corrected chi connectivity index (χ1v) is 10.8. The summed E-state index contributed by atoms with van der Waals surface area (Å²) in [4.78, 5) is 23.6. The van der Waals surface area contributed by atoms with Gasteiger partial charge in [0.15, 0.2) is 21.4 Å². The predicted octanol–water partition coefficient (Wildman–Crippen LogP) is 2.13. The number of carbonyl (C=O) groups excluding carboxylic acids is 2. The fourth-order valence-electron chi connectivity index (χ4n) is 3.09. The molecule has 21 heavy (non-hydrogen) atoms. The Labute approximate surface area is 126 Å². The Morgan fingerprint density at radius 1 is 0.857 bits per heavy atom. The summed E-state index contributed by atoms with van der Waals surface area (Å²) in [5.74, 6) is -0.613. The Hall–Kier alpha value is -0.440. The van der Waals surface area contributed by atoms with E-state index in [1.165, 1.54) is 0 Å². The molecule has 122 valence electrons. The Morgan fingerprint density at radius 2 is 1.33 bits per heavy atom. The quantitative estimate of drug-likeness (QED) is 0.813. The summed E-state index contributed by atoms with van der Waals surface area (Å²) in [5.41, 5.74) is 0. The van der Waals surface area contributed by atoms with Gasteiger partial charge in [0.1, 0.15) is 15.6 Å². The minimum atomic E-state index is -3.93. The molecule has 2 rings (SSSR count). The van der Waals surface area contributed by atoms with Crippen LogP contribution in [0.5, 0.6) is 0 Å². The first kappa shape index (κ1) is 16.9. The maximum absolute atomic E-state index is 12.3. The third kappa shape index (κ3) is 3.85. The van der Waals surface area contributed by atoms with E-state index in [1.807, 2.05) is 0 Å². The van der Waals surface area contributed by atoms with Crippen molar-refractivity contribution in [2.45, 2.75) is 61.9 Å². The molecule has 2 aliphatic rings. The molecule has 0 bridgehead atoms. The molecule has 6 nitrogen and oxygen atoms in total. The molecule has 2 aliphatic carbocycles. The maximum atomic E-state index is 12.3. The number of hydrogen-bond acceptors (Lipinski definition) is 6. The zero-order chi connectivity index (χ0) is 15.7. The van der Waals surface area contributed by atoms with Crippen LogP contribution in [-0.4, -0.2) is 44.7 Å². The van der Waals surface area contributed by atoms with E-state index < -0.39 is 36.0 Å². The van der Waals surface area contributed by atoms with Gasteiger partial charge in [0, 0.05) is 12.8 Å². The van der Waals surface area contributed by atoms with Gasteiger partial charge in [-0.15, -0.1) is 0 Å². The third-order valence-corrected chi connectivity index (χ3v) is 9.70. The summed E-state index contributed by atoms with van der Waals surface area (Å²) in [5, 5.41) is -2.97. The lowest BCUT2D eigenvalue weighted by atomic mass is 9.99. The van der Waals surface area contributed by atoms with Crippen LogP contribution in [-0.2, 0) is 19.4 Å². The molecule has 0 aromatic rings. The molecule has 0 radical (unpaired) electrons. The second-order valence-electron chi connectivity index (χ2n) is 5.90. The van der Waals surface area contributed by atoms with Crippen molar-refractivity contribution >= 4 is 32.0 Å². The average Bonchev–Trinajstić information content (AvgIpc) is 2.38. The highest BCUT2D eigenvalue weighted by Gasteiger charge is 2.42. The van der Waals surface area contributed by atoms with E-state index in [4.69, 9.17) is 0 Å². The van der Waals surface area contributed by atoms with Gasteiger partial charge in [0.25, 0.3) is 0 Å². The van der Waals surface area contributed by atoms with Crippen LogP contribution in [0.15, 0.2) is 0 Å². The van der Waals surface area contributed by atoms with Crippen molar-refractivity contribution in [2.24, 2.45) is 0 Å². The molecule has 2 atom stereocenters. The highest BCUT2D eigenvalue weighted by Crippen LogP contribution is 2.50. The van der Waals surface area contributed by atoms with Gasteiger partial charge in [-0.25, -0.2) is 8.42 Å². The van der Waals surface area contributed by atoms with E-state index in [0.29, 0.717) is 32.1 Å². The summed E-state index contributed by atoms with van der Waals surface area (Å²) in [7, 11) is -7.48. The Bertz CT molecular complexity index is 525. The summed E-state index contributed by atoms with van der Waals surface area (Å²) in [6.07, 6.45) is 3.78. The fraction of sp³-hybridized carbons (Fsp3) is 0.846. The minimum Gasteiger partial charge on any atom is -0.298 e. The van der Waals surface area contributed by atoms with E-state index >= 15 is 0 Å². The smallest absolute Gasteiger partial charge is 0.178 e. The van der Waals surface area contributed by atoms with E-state index in [1.54, 1.807) is 0 Å². The number of Topliss-reactive ketones (excluding diaryl/α,β-unsaturated/α-hetero) is 2. The van der Waals surface area contributed by atoms with Crippen molar-refractivity contribution in [1.29, 1.82) is 0 Å². The first-order chi connectivity index (χ1) is 9.74. The van der Waals surface area contributed by atoms with Gasteiger partial charge in [-0.3, -0.25) is 18.7 Å². The lowest BCUT2D eigenvalue weighted by Gasteiger charge is -2.41. The zero-order valence-electron chi connectivity index (χ0n) is 11.9. The molecule has 8 heteroatoms. The number of ketones is 2. The number of rotatable bonds is 4. The van der Waals surface area contributed by atoms with Gasteiger partial charge in [0.2, 0.25) is 0 Å². The summed E-state index contributed by atoms with van der Waals surface area (Å²) >= 11 is 0. The number of carbonyl (C=O) groups is 2. The monoisotopic (exact) mass is 338 g/mol. The van der Waals surface area contributed by atoms with Crippen LogP contribution in [0.25, 0.3) is 0 Å². The molecule has 0 aromatic carbocycles. The van der Waals surface area contributed by atoms with Crippen molar-refractivity contribution in [3.05, 3.63) is 0 Å². The van der Waals surface area contributed by atoms with E-state index in [-0.39, 0.29) is 30.8 Å². The topological polar surface area (TPSA) is 109 Å². The molecule has 0 aliphatic heterocycles. The van der Waals surface area contributed by atoms with Crippen LogP contribution in [0.4, 0.5) is 0 Å². The summed E-state index contributed by atoms with van der Waals surface area (Å²) < 4.78 is 45.0. The molecule has 0 heterocycles. The van der Waals surface area contributed by atoms with Crippen molar-refractivity contribution in [1.82, 2.24) is 0 Å². The van der Waals surface area contributed by atoms with Crippen LogP contribution < -0.4 is 0 Å².